The van der Waals surface area contributed by atoms with Crippen LogP contribution in [0, 0.1) is 11.6 Å². The number of rotatable bonds is 4. The van der Waals surface area contributed by atoms with Crippen molar-refractivity contribution in [2.45, 2.75) is 25.5 Å². The summed E-state index contributed by atoms with van der Waals surface area (Å²) in [6.07, 6.45) is 2.51. The zero-order valence-corrected chi connectivity index (χ0v) is 16.4. The number of pyridine rings is 1. The van der Waals surface area contributed by atoms with Crippen LogP contribution in [0.3, 0.4) is 0 Å². The first-order valence-electron chi connectivity index (χ1n) is 7.64. The maximum Gasteiger partial charge on any atom is 0.193 e. The molecule has 138 valence electrons. The molecule has 0 amide bonds. The van der Waals surface area contributed by atoms with E-state index in [1.807, 2.05) is 0 Å². The number of nitrogens with zero attached hydrogens (tertiary/aromatic N) is 2. The van der Waals surface area contributed by atoms with E-state index in [1.54, 1.807) is 32.9 Å². The van der Waals surface area contributed by atoms with E-state index in [0.717, 1.165) is 18.3 Å². The molecule has 1 aromatic heterocycles. The van der Waals surface area contributed by atoms with Crippen molar-refractivity contribution >= 4 is 34.8 Å². The quantitative estimate of drug-likeness (QED) is 0.441. The van der Waals surface area contributed by atoms with Crippen molar-refractivity contribution in [2.24, 2.45) is 4.40 Å². The monoisotopic (exact) mass is 396 g/mol. The molecule has 2 rings (SSSR count). The summed E-state index contributed by atoms with van der Waals surface area (Å²) in [5.41, 5.74) is 0.205. The topological polar surface area (TPSA) is 57.5 Å². The van der Waals surface area contributed by atoms with Crippen molar-refractivity contribution in [2.75, 3.05) is 7.11 Å². The van der Waals surface area contributed by atoms with Gasteiger partial charge in [0, 0.05) is 17.3 Å². The summed E-state index contributed by atoms with van der Waals surface area (Å²) >= 11 is 3.50. The summed E-state index contributed by atoms with van der Waals surface area (Å²) < 4.78 is 49.5. The third kappa shape index (κ3) is 4.44. The van der Waals surface area contributed by atoms with E-state index in [1.165, 1.54) is 13.3 Å². The number of ether oxygens (including phenoxy) is 1. The second-order valence-corrected chi connectivity index (χ2v) is 8.61. The van der Waals surface area contributed by atoms with Crippen LogP contribution >= 0.6 is 12.2 Å². The molecule has 0 fully saturated rings. The van der Waals surface area contributed by atoms with Gasteiger partial charge < -0.3 is 9.29 Å². The predicted octanol–water partition coefficient (Wildman–Crippen LogP) is 4.23. The van der Waals surface area contributed by atoms with Gasteiger partial charge in [-0.1, -0.05) is 4.40 Å². The summed E-state index contributed by atoms with van der Waals surface area (Å²) in [5, 5.41) is 0.0953. The Balaban J connectivity index is 2.67. The SMILES string of the molecule is COC(=S)c1cccnc1-c1c(F)ccc(F)c1C=N[S+]([O-])C(C)(C)C. The fraction of sp³-hybridized carbons (Fsp3) is 0.278. The summed E-state index contributed by atoms with van der Waals surface area (Å²) in [6.45, 7) is 5.20. The van der Waals surface area contributed by atoms with Crippen LogP contribution in [0.1, 0.15) is 31.9 Å². The van der Waals surface area contributed by atoms with Gasteiger partial charge in [-0.3, -0.25) is 4.98 Å². The van der Waals surface area contributed by atoms with Crippen molar-refractivity contribution in [1.82, 2.24) is 4.98 Å². The predicted molar refractivity (Wildman–Crippen MR) is 104 cm³/mol. The van der Waals surface area contributed by atoms with Gasteiger partial charge in [0.1, 0.15) is 27.7 Å². The average Bonchev–Trinajstić information content (AvgIpc) is 2.60. The zero-order valence-electron chi connectivity index (χ0n) is 14.7. The fourth-order valence-corrected chi connectivity index (χ4v) is 2.75. The number of aromatic nitrogens is 1. The van der Waals surface area contributed by atoms with E-state index < -0.39 is 27.7 Å². The molecule has 2 aromatic rings. The third-order valence-corrected chi connectivity index (χ3v) is 5.12. The Morgan fingerprint density at radius 1 is 1.27 bits per heavy atom. The van der Waals surface area contributed by atoms with Crippen LogP contribution in [0.15, 0.2) is 34.9 Å². The van der Waals surface area contributed by atoms with Gasteiger partial charge in [0.05, 0.1) is 24.6 Å². The van der Waals surface area contributed by atoms with Crippen LogP contribution in [-0.2, 0) is 16.1 Å². The smallest absolute Gasteiger partial charge is 0.193 e. The molecular weight excluding hydrogens is 378 g/mol. The van der Waals surface area contributed by atoms with Crippen LogP contribution in [0.2, 0.25) is 0 Å². The Labute approximate surface area is 159 Å². The maximum absolute atomic E-state index is 14.6. The first-order chi connectivity index (χ1) is 12.2. The van der Waals surface area contributed by atoms with Crippen LogP contribution in [0.25, 0.3) is 11.3 Å². The standard InChI is InChI=1S/C18H18F2N2O2S2/c1-18(2,3)26(23)22-10-12-13(19)7-8-14(20)15(12)16-11(17(25)24-4)6-5-9-21-16/h5-10H,1-4H3. The van der Waals surface area contributed by atoms with Crippen LogP contribution in [-0.4, -0.2) is 32.7 Å². The first-order valence-corrected chi connectivity index (χ1v) is 9.16. The Morgan fingerprint density at radius 2 is 1.92 bits per heavy atom. The first kappa shape index (κ1) is 20.4. The van der Waals surface area contributed by atoms with Crippen molar-refractivity contribution in [3.8, 4) is 11.3 Å². The number of thiocarbonyl (C=S) groups is 1. The molecule has 0 saturated heterocycles. The Hall–Kier alpha value is -1.90. The number of methoxy groups -OCH3 is 1. The molecule has 4 nitrogen and oxygen atoms in total. The van der Waals surface area contributed by atoms with Gasteiger partial charge in [-0.15, -0.1) is 0 Å². The average molecular weight is 396 g/mol. The number of halogens is 2. The van der Waals surface area contributed by atoms with Crippen molar-refractivity contribution in [3.05, 3.63) is 53.2 Å². The van der Waals surface area contributed by atoms with Crippen LogP contribution in [0.4, 0.5) is 8.78 Å². The lowest BCUT2D eigenvalue weighted by Gasteiger charge is -2.18. The molecule has 0 radical (unpaired) electrons. The van der Waals surface area contributed by atoms with Gasteiger partial charge in [-0.25, -0.2) is 8.78 Å². The highest BCUT2D eigenvalue weighted by Gasteiger charge is 2.27. The van der Waals surface area contributed by atoms with Crippen molar-refractivity contribution in [1.29, 1.82) is 0 Å². The van der Waals surface area contributed by atoms with E-state index >= 15 is 0 Å². The molecule has 0 aliphatic rings. The summed E-state index contributed by atoms with van der Waals surface area (Å²) in [4.78, 5) is 4.14. The molecule has 0 saturated carbocycles. The number of hydrogen-bond donors (Lipinski definition) is 0. The highest BCUT2D eigenvalue weighted by molar-refractivity contribution is 7.91. The summed E-state index contributed by atoms with van der Waals surface area (Å²) in [6, 6.07) is 5.20. The second-order valence-electron chi connectivity index (χ2n) is 6.31. The van der Waals surface area contributed by atoms with E-state index in [9.17, 15) is 13.3 Å². The summed E-state index contributed by atoms with van der Waals surface area (Å²) in [7, 11) is 1.38. The highest BCUT2D eigenvalue weighted by Crippen LogP contribution is 2.30. The van der Waals surface area contributed by atoms with E-state index in [4.69, 9.17) is 17.0 Å². The molecule has 1 atom stereocenters. The van der Waals surface area contributed by atoms with Crippen molar-refractivity contribution in [3.63, 3.8) is 0 Å². The third-order valence-electron chi connectivity index (χ3n) is 3.39. The van der Waals surface area contributed by atoms with Gasteiger partial charge in [-0.05, 0) is 57.3 Å². The number of hydrogen-bond acceptors (Lipinski definition) is 5. The molecule has 0 bridgehead atoms. The van der Waals surface area contributed by atoms with Gasteiger partial charge in [0.15, 0.2) is 5.05 Å². The van der Waals surface area contributed by atoms with Gasteiger partial charge in [-0.2, -0.15) is 0 Å². The minimum Gasteiger partial charge on any atom is -0.591 e. The van der Waals surface area contributed by atoms with Gasteiger partial charge >= 0.3 is 0 Å². The van der Waals surface area contributed by atoms with Gasteiger partial charge in [0.2, 0.25) is 0 Å². The largest absolute Gasteiger partial charge is 0.591 e. The van der Waals surface area contributed by atoms with E-state index in [2.05, 4.69) is 9.38 Å². The lowest BCUT2D eigenvalue weighted by atomic mass is 10.00. The molecule has 0 aliphatic carbocycles. The van der Waals surface area contributed by atoms with Gasteiger partial charge in [0.25, 0.3) is 0 Å². The molecule has 0 aliphatic heterocycles. The van der Waals surface area contributed by atoms with Crippen LogP contribution < -0.4 is 0 Å². The Kier molecular flexibility index (Phi) is 6.44. The molecule has 1 aromatic carbocycles. The molecule has 0 spiro atoms. The molecule has 1 unspecified atom stereocenters. The Bertz CT molecular complexity index is 852. The molecular formula is C18H18F2N2O2S2. The normalized spacial score (nSPS) is 13.0. The molecule has 1 heterocycles. The molecule has 0 N–H and O–H groups in total. The minimum absolute atomic E-state index is 0.0953. The summed E-state index contributed by atoms with van der Waals surface area (Å²) in [5.74, 6) is -1.41. The Morgan fingerprint density at radius 3 is 2.54 bits per heavy atom. The fourth-order valence-electron chi connectivity index (χ4n) is 2.07. The van der Waals surface area contributed by atoms with Crippen molar-refractivity contribution < 1.29 is 18.1 Å². The molecule has 26 heavy (non-hydrogen) atoms. The highest BCUT2D eigenvalue weighted by atomic mass is 32.2. The minimum atomic E-state index is -1.62. The lowest BCUT2D eigenvalue weighted by molar-refractivity contribution is 0.416. The van der Waals surface area contributed by atoms with Crippen LogP contribution in [0.5, 0.6) is 0 Å². The lowest BCUT2D eigenvalue weighted by Crippen LogP contribution is -2.26. The molecule has 8 heteroatoms. The number of benzene rings is 1. The zero-order chi connectivity index (χ0) is 19.5. The second kappa shape index (κ2) is 8.20. The van der Waals surface area contributed by atoms with E-state index in [0.29, 0.717) is 5.56 Å². The maximum atomic E-state index is 14.6. The van der Waals surface area contributed by atoms with E-state index in [-0.39, 0.29) is 21.9 Å².